The van der Waals surface area contributed by atoms with E-state index in [-0.39, 0.29) is 17.7 Å². The molecule has 6 N–H and O–H groups in total. The number of amides is 3. The molecule has 5 rings (SSSR count). The van der Waals surface area contributed by atoms with Gasteiger partial charge in [-0.1, -0.05) is 60.7 Å². The van der Waals surface area contributed by atoms with Crippen LogP contribution in [0.25, 0.3) is 11.1 Å². The lowest BCUT2D eigenvalue weighted by molar-refractivity contribution is -0.123. The maximum atomic E-state index is 12.7. The summed E-state index contributed by atoms with van der Waals surface area (Å²) in [6.07, 6.45) is 0.556. The second-order valence-electron chi connectivity index (χ2n) is 11.4. The number of nitrogens with one attached hydrogen (secondary N) is 3. The molecule has 0 bridgehead atoms. The summed E-state index contributed by atoms with van der Waals surface area (Å²) in [5.74, 6) is -0.0828. The number of anilines is 1. The number of piperazine rings is 1. The van der Waals surface area contributed by atoms with Crippen LogP contribution in [0.1, 0.15) is 28.8 Å². The Labute approximate surface area is 265 Å². The highest BCUT2D eigenvalue weighted by molar-refractivity contribution is 5.94. The molecule has 0 unspecified atom stereocenters. The van der Waals surface area contributed by atoms with E-state index < -0.39 is 6.09 Å². The summed E-state index contributed by atoms with van der Waals surface area (Å²) in [4.78, 5) is 40.9. The smallest absolute Gasteiger partial charge is 0.423 e. The van der Waals surface area contributed by atoms with Crippen molar-refractivity contribution in [2.75, 3.05) is 64.8 Å². The van der Waals surface area contributed by atoms with Gasteiger partial charge < -0.3 is 21.1 Å². The van der Waals surface area contributed by atoms with Crippen LogP contribution < -0.4 is 21.9 Å². The van der Waals surface area contributed by atoms with Crippen molar-refractivity contribution in [3.8, 4) is 11.1 Å². The molecule has 3 amide bonds. The maximum absolute atomic E-state index is 12.7. The van der Waals surface area contributed by atoms with E-state index in [0.717, 1.165) is 94.1 Å². The number of carbonyl (C=O) groups excluding carboxylic acids is 2. The summed E-state index contributed by atoms with van der Waals surface area (Å²) in [5.41, 5.74) is 14.8. The monoisotopic (exact) mass is 615 g/mol. The molecule has 11 heteroatoms. The molecule has 2 saturated heterocycles. The van der Waals surface area contributed by atoms with Gasteiger partial charge in [-0.3, -0.25) is 24.8 Å². The normalized spacial score (nSPS) is 15.8. The number of rotatable bonds is 10. The standard InChI is InChI=1S/C21H33N5O2.C13H12N2O2/c1-24(14-15-25-12-8-23-9-13-25)21(28)19-4-2-17(3-5-19)16-26-10-6-18(7-11-26)20(22)27;16-13(17)15-14-12-9-5-4-8-11(12)10-6-2-1-3-7-10/h2-5,18,23H,6-16H2,1H3,(H2,22,27);1-9,14-15H,(H,16,17). The predicted molar refractivity (Wildman–Crippen MR) is 177 cm³/mol. The van der Waals surface area contributed by atoms with Gasteiger partial charge in [0.2, 0.25) is 5.91 Å². The first kappa shape index (κ1) is 33.4. The number of nitrogens with zero attached hydrogens (tertiary/aromatic N) is 3. The molecule has 0 radical (unpaired) electrons. The molecular formula is C34H45N7O4. The molecule has 2 heterocycles. The number of carbonyl (C=O) groups is 3. The van der Waals surface area contributed by atoms with Crippen LogP contribution in [0.5, 0.6) is 0 Å². The molecule has 0 aliphatic carbocycles. The van der Waals surface area contributed by atoms with Crippen LogP contribution in [0.2, 0.25) is 0 Å². The van der Waals surface area contributed by atoms with Gasteiger partial charge in [0.15, 0.2) is 0 Å². The number of nitrogens with two attached hydrogens (primary N) is 1. The Morgan fingerprint density at radius 3 is 2.18 bits per heavy atom. The van der Waals surface area contributed by atoms with E-state index in [9.17, 15) is 14.4 Å². The third-order valence-corrected chi connectivity index (χ3v) is 8.22. The Morgan fingerprint density at radius 1 is 0.889 bits per heavy atom. The molecule has 3 aromatic rings. The Hall–Kier alpha value is -4.45. The third-order valence-electron chi connectivity index (χ3n) is 8.22. The first-order valence-electron chi connectivity index (χ1n) is 15.5. The molecule has 0 atom stereocenters. The van der Waals surface area contributed by atoms with Gasteiger partial charge in [-0.15, -0.1) is 0 Å². The molecule has 11 nitrogen and oxygen atoms in total. The van der Waals surface area contributed by atoms with Crippen molar-refractivity contribution in [1.29, 1.82) is 0 Å². The van der Waals surface area contributed by atoms with Crippen molar-refractivity contribution in [1.82, 2.24) is 25.4 Å². The van der Waals surface area contributed by atoms with Crippen molar-refractivity contribution < 1.29 is 19.5 Å². The largest absolute Gasteiger partial charge is 0.464 e. The van der Waals surface area contributed by atoms with Gasteiger partial charge in [0.25, 0.3) is 5.91 Å². The highest BCUT2D eigenvalue weighted by atomic mass is 16.4. The second kappa shape index (κ2) is 17.1. The van der Waals surface area contributed by atoms with E-state index in [2.05, 4.69) is 26.0 Å². The zero-order valence-electron chi connectivity index (χ0n) is 26.0. The molecule has 3 aromatic carbocycles. The fraction of sp³-hybridized carbons (Fsp3) is 0.382. The van der Waals surface area contributed by atoms with Gasteiger partial charge >= 0.3 is 6.09 Å². The summed E-state index contributed by atoms with van der Waals surface area (Å²) in [7, 11) is 1.88. The number of carboxylic acid groups (broad SMARTS) is 1. The average Bonchev–Trinajstić information content (AvgIpc) is 3.08. The minimum atomic E-state index is -1.12. The van der Waals surface area contributed by atoms with Gasteiger partial charge in [-0.25, -0.2) is 10.2 Å². The molecule has 0 saturated carbocycles. The van der Waals surface area contributed by atoms with Crippen LogP contribution in [0.4, 0.5) is 10.5 Å². The SMILES string of the molecule is CN(CCN1CCNCC1)C(=O)c1ccc(CN2CCC(C(N)=O)CC2)cc1.O=C(O)NNc1ccccc1-c1ccccc1. The number of likely N-dealkylation sites (tertiary alicyclic amines) is 1. The van der Waals surface area contributed by atoms with Crippen LogP contribution in [-0.2, 0) is 11.3 Å². The Kier molecular flexibility index (Phi) is 12.7. The Balaban J connectivity index is 0.000000231. The number of piperidine rings is 1. The van der Waals surface area contributed by atoms with Crippen LogP contribution in [0.15, 0.2) is 78.9 Å². The lowest BCUT2D eigenvalue weighted by Gasteiger charge is -2.30. The number of hydrazine groups is 1. The maximum Gasteiger partial charge on any atom is 0.423 e. The van der Waals surface area contributed by atoms with E-state index in [1.165, 1.54) is 5.56 Å². The molecule has 2 aliphatic rings. The zero-order chi connectivity index (χ0) is 32.0. The Morgan fingerprint density at radius 2 is 1.53 bits per heavy atom. The zero-order valence-corrected chi connectivity index (χ0v) is 26.0. The molecular weight excluding hydrogens is 570 g/mol. The minimum Gasteiger partial charge on any atom is -0.464 e. The van der Waals surface area contributed by atoms with Crippen molar-refractivity contribution >= 4 is 23.6 Å². The van der Waals surface area contributed by atoms with Gasteiger partial charge in [0.05, 0.1) is 5.69 Å². The Bertz CT molecular complexity index is 1370. The molecule has 45 heavy (non-hydrogen) atoms. The fourth-order valence-corrected chi connectivity index (χ4v) is 5.52. The summed E-state index contributed by atoms with van der Waals surface area (Å²) < 4.78 is 0. The van der Waals surface area contributed by atoms with Gasteiger partial charge in [-0.05, 0) is 55.3 Å². The van der Waals surface area contributed by atoms with Crippen LogP contribution in [0, 0.1) is 5.92 Å². The molecule has 2 aliphatic heterocycles. The number of benzene rings is 3. The summed E-state index contributed by atoms with van der Waals surface area (Å²) in [6, 6.07) is 25.2. The molecule has 2 fully saturated rings. The lowest BCUT2D eigenvalue weighted by Crippen LogP contribution is -2.46. The van der Waals surface area contributed by atoms with E-state index in [1.807, 2.05) is 90.8 Å². The van der Waals surface area contributed by atoms with Gasteiger partial charge in [0, 0.05) is 69.9 Å². The van der Waals surface area contributed by atoms with Gasteiger partial charge in [0.1, 0.15) is 0 Å². The number of para-hydroxylation sites is 1. The number of primary amides is 1. The quantitative estimate of drug-likeness (QED) is 0.219. The highest BCUT2D eigenvalue weighted by Crippen LogP contribution is 2.26. The fourth-order valence-electron chi connectivity index (χ4n) is 5.52. The van der Waals surface area contributed by atoms with Crippen molar-refractivity contribution in [3.63, 3.8) is 0 Å². The van der Waals surface area contributed by atoms with Crippen molar-refractivity contribution in [2.24, 2.45) is 11.7 Å². The highest BCUT2D eigenvalue weighted by Gasteiger charge is 2.23. The van der Waals surface area contributed by atoms with Crippen LogP contribution in [-0.4, -0.2) is 97.1 Å². The van der Waals surface area contributed by atoms with E-state index in [0.29, 0.717) is 0 Å². The first-order chi connectivity index (χ1) is 21.8. The predicted octanol–water partition coefficient (Wildman–Crippen LogP) is 3.31. The number of likely N-dealkylation sites (N-methyl/N-ethyl adjacent to an activating group) is 1. The van der Waals surface area contributed by atoms with Crippen molar-refractivity contribution in [2.45, 2.75) is 19.4 Å². The van der Waals surface area contributed by atoms with E-state index >= 15 is 0 Å². The molecule has 0 aromatic heterocycles. The summed E-state index contributed by atoms with van der Waals surface area (Å²) in [5, 5.41) is 11.9. The minimum absolute atomic E-state index is 0.0213. The lowest BCUT2D eigenvalue weighted by atomic mass is 9.96. The summed E-state index contributed by atoms with van der Waals surface area (Å²) >= 11 is 0. The van der Waals surface area contributed by atoms with Crippen LogP contribution >= 0.6 is 0 Å². The first-order valence-corrected chi connectivity index (χ1v) is 15.5. The molecule has 0 spiro atoms. The summed E-state index contributed by atoms with van der Waals surface area (Å²) in [6.45, 7) is 8.45. The van der Waals surface area contributed by atoms with E-state index in [4.69, 9.17) is 10.8 Å². The average molecular weight is 616 g/mol. The van der Waals surface area contributed by atoms with E-state index in [1.54, 1.807) is 0 Å². The molecule has 240 valence electrons. The van der Waals surface area contributed by atoms with Gasteiger partial charge in [-0.2, -0.15) is 0 Å². The second-order valence-corrected chi connectivity index (χ2v) is 11.4. The number of hydrogen-bond donors (Lipinski definition) is 5. The van der Waals surface area contributed by atoms with Crippen molar-refractivity contribution in [3.05, 3.63) is 90.0 Å². The topological polar surface area (TPSA) is 143 Å². The number of hydrogen-bond acceptors (Lipinski definition) is 7. The van der Waals surface area contributed by atoms with Crippen LogP contribution in [0.3, 0.4) is 0 Å². The third kappa shape index (κ3) is 10.6.